The minimum Gasteiger partial charge on any atom is -0.453 e. The fraction of sp³-hybridized carbons (Fsp3) is 0.214. The van der Waals surface area contributed by atoms with Crippen LogP contribution in [0.3, 0.4) is 0 Å². The van der Waals surface area contributed by atoms with Crippen LogP contribution in [0.4, 0.5) is 0 Å². The van der Waals surface area contributed by atoms with Crippen molar-refractivity contribution in [1.82, 2.24) is 9.38 Å². The number of imidazole rings is 1. The van der Waals surface area contributed by atoms with Crippen LogP contribution >= 0.6 is 34.3 Å². The first kappa shape index (κ1) is 15.2. The number of nitrogens with zero attached hydrogens (tertiary/aromatic N) is 2. The molecule has 0 amide bonds. The van der Waals surface area contributed by atoms with Gasteiger partial charge in [-0.25, -0.2) is 9.78 Å². The maximum atomic E-state index is 12.2. The van der Waals surface area contributed by atoms with Crippen LogP contribution in [0.2, 0.25) is 5.15 Å². The molecule has 3 heterocycles. The van der Waals surface area contributed by atoms with Crippen molar-refractivity contribution in [1.29, 1.82) is 0 Å². The van der Waals surface area contributed by atoms with Gasteiger partial charge in [0.05, 0.1) is 0 Å². The van der Waals surface area contributed by atoms with Crippen LogP contribution in [0.25, 0.3) is 4.96 Å². The number of carbonyl (C=O) groups is 2. The highest BCUT2D eigenvalue weighted by Crippen LogP contribution is 2.23. The van der Waals surface area contributed by atoms with Gasteiger partial charge in [0.15, 0.2) is 22.4 Å². The van der Waals surface area contributed by atoms with E-state index < -0.39 is 5.97 Å². The van der Waals surface area contributed by atoms with Crippen molar-refractivity contribution in [3.05, 3.63) is 43.8 Å². The number of hydrogen-bond donors (Lipinski definition) is 0. The smallest absolute Gasteiger partial charge is 0.359 e. The molecule has 0 fully saturated rings. The van der Waals surface area contributed by atoms with E-state index in [1.54, 1.807) is 22.0 Å². The van der Waals surface area contributed by atoms with Gasteiger partial charge in [-0.05, 0) is 19.9 Å². The molecule has 0 aliphatic carbocycles. The Morgan fingerprint density at radius 3 is 2.86 bits per heavy atom. The Hall–Kier alpha value is -1.70. The van der Waals surface area contributed by atoms with Crippen LogP contribution in [0, 0.1) is 13.8 Å². The predicted octanol–water partition coefficient (Wildman–Crippen LogP) is 3.77. The lowest BCUT2D eigenvalue weighted by atomic mass is 10.2. The predicted molar refractivity (Wildman–Crippen MR) is 86.5 cm³/mol. The number of aromatic nitrogens is 2. The molecule has 3 aromatic heterocycles. The quantitative estimate of drug-likeness (QED) is 0.528. The Morgan fingerprint density at radius 2 is 2.18 bits per heavy atom. The van der Waals surface area contributed by atoms with Crippen molar-refractivity contribution in [3.63, 3.8) is 0 Å². The summed E-state index contributed by atoms with van der Waals surface area (Å²) in [6.45, 7) is 3.48. The maximum Gasteiger partial charge on any atom is 0.359 e. The maximum absolute atomic E-state index is 12.2. The van der Waals surface area contributed by atoms with Gasteiger partial charge < -0.3 is 4.74 Å². The van der Waals surface area contributed by atoms with Gasteiger partial charge in [0.25, 0.3) is 0 Å². The van der Waals surface area contributed by atoms with E-state index in [-0.39, 0.29) is 23.2 Å². The number of esters is 1. The lowest BCUT2D eigenvalue weighted by Crippen LogP contribution is -2.15. The van der Waals surface area contributed by atoms with Gasteiger partial charge in [0.1, 0.15) is 0 Å². The normalized spacial score (nSPS) is 11.0. The van der Waals surface area contributed by atoms with Crippen LogP contribution in [0.5, 0.6) is 0 Å². The SMILES string of the molecule is Cc1cc(C(=O)COC(=O)c2c(Cl)nc3sccn23)c(C)s1. The van der Waals surface area contributed by atoms with Crippen LogP contribution in [0.15, 0.2) is 17.6 Å². The van der Waals surface area contributed by atoms with Crippen molar-refractivity contribution in [2.75, 3.05) is 6.61 Å². The first-order valence-electron chi connectivity index (χ1n) is 6.35. The van der Waals surface area contributed by atoms with Gasteiger partial charge in [-0.1, -0.05) is 11.6 Å². The van der Waals surface area contributed by atoms with Crippen molar-refractivity contribution in [2.45, 2.75) is 13.8 Å². The molecule has 0 N–H and O–H groups in total. The first-order valence-corrected chi connectivity index (χ1v) is 8.43. The van der Waals surface area contributed by atoms with E-state index in [1.807, 2.05) is 13.8 Å². The molecular formula is C14H11ClN2O3S2. The fourth-order valence-electron chi connectivity index (χ4n) is 2.13. The molecule has 8 heteroatoms. The monoisotopic (exact) mass is 354 g/mol. The van der Waals surface area contributed by atoms with E-state index in [2.05, 4.69) is 4.98 Å². The number of thiazole rings is 1. The summed E-state index contributed by atoms with van der Waals surface area (Å²) >= 11 is 8.85. The third-order valence-corrected chi connectivity index (χ3v) is 5.07. The molecule has 0 radical (unpaired) electrons. The van der Waals surface area contributed by atoms with E-state index >= 15 is 0 Å². The number of carbonyl (C=O) groups excluding carboxylic acids is 2. The number of ketones is 1. The van der Waals surface area contributed by atoms with Crippen molar-refractivity contribution in [2.24, 2.45) is 0 Å². The van der Waals surface area contributed by atoms with Crippen molar-refractivity contribution in [3.8, 4) is 0 Å². The molecule has 3 rings (SSSR count). The molecule has 0 spiro atoms. The summed E-state index contributed by atoms with van der Waals surface area (Å²) in [7, 11) is 0. The minimum absolute atomic E-state index is 0.0758. The zero-order chi connectivity index (χ0) is 15.9. The fourth-order valence-corrected chi connectivity index (χ4v) is 4.08. The Bertz CT molecular complexity index is 878. The van der Waals surface area contributed by atoms with E-state index in [4.69, 9.17) is 16.3 Å². The highest BCUT2D eigenvalue weighted by molar-refractivity contribution is 7.15. The number of aryl methyl sites for hydroxylation is 2. The van der Waals surface area contributed by atoms with Gasteiger partial charge in [-0.15, -0.1) is 22.7 Å². The van der Waals surface area contributed by atoms with E-state index in [0.29, 0.717) is 10.5 Å². The number of halogens is 1. The van der Waals surface area contributed by atoms with Gasteiger partial charge in [-0.2, -0.15) is 0 Å². The standard InChI is InChI=1S/C14H11ClN2O3S2/c1-7-5-9(8(2)22-7)10(18)6-20-13(19)11-12(15)16-14-17(11)3-4-21-14/h3-5H,6H2,1-2H3. The zero-order valence-electron chi connectivity index (χ0n) is 11.8. The Balaban J connectivity index is 1.75. The number of fused-ring (bicyclic) bond motifs is 1. The summed E-state index contributed by atoms with van der Waals surface area (Å²) in [4.78, 5) is 30.9. The lowest BCUT2D eigenvalue weighted by molar-refractivity contribution is 0.0468. The number of rotatable bonds is 4. The van der Waals surface area contributed by atoms with E-state index in [9.17, 15) is 9.59 Å². The highest BCUT2D eigenvalue weighted by Gasteiger charge is 2.22. The second-order valence-corrected chi connectivity index (χ2v) is 7.32. The number of hydrogen-bond acceptors (Lipinski definition) is 6. The molecule has 0 aliphatic heterocycles. The average molecular weight is 355 g/mol. The second-order valence-electron chi connectivity index (χ2n) is 4.63. The van der Waals surface area contributed by atoms with Crippen LogP contribution < -0.4 is 0 Å². The molecule has 0 atom stereocenters. The van der Waals surface area contributed by atoms with Crippen LogP contribution in [0.1, 0.15) is 30.6 Å². The molecular weight excluding hydrogens is 344 g/mol. The van der Waals surface area contributed by atoms with E-state index in [0.717, 1.165) is 9.75 Å². The molecule has 114 valence electrons. The Morgan fingerprint density at radius 1 is 1.41 bits per heavy atom. The van der Waals surface area contributed by atoms with Crippen LogP contribution in [-0.4, -0.2) is 27.7 Å². The molecule has 0 saturated carbocycles. The zero-order valence-corrected chi connectivity index (χ0v) is 14.1. The summed E-state index contributed by atoms with van der Waals surface area (Å²) in [5.74, 6) is -0.883. The molecule has 0 bridgehead atoms. The molecule has 0 unspecified atom stereocenters. The molecule has 0 aromatic carbocycles. The topological polar surface area (TPSA) is 60.7 Å². The van der Waals surface area contributed by atoms with E-state index in [1.165, 1.54) is 22.7 Å². The molecule has 22 heavy (non-hydrogen) atoms. The van der Waals surface area contributed by atoms with Crippen molar-refractivity contribution < 1.29 is 14.3 Å². The Kier molecular flexibility index (Phi) is 4.03. The third-order valence-electron chi connectivity index (χ3n) is 3.09. The largest absolute Gasteiger partial charge is 0.453 e. The van der Waals surface area contributed by atoms with Gasteiger partial charge in [0.2, 0.25) is 5.78 Å². The average Bonchev–Trinajstić information content (AvgIpc) is 3.10. The third kappa shape index (κ3) is 2.67. The molecule has 5 nitrogen and oxygen atoms in total. The summed E-state index contributed by atoms with van der Waals surface area (Å²) in [6.07, 6.45) is 1.68. The summed E-state index contributed by atoms with van der Waals surface area (Å²) in [5.41, 5.74) is 0.735. The number of thiophene rings is 1. The summed E-state index contributed by atoms with van der Waals surface area (Å²) in [6, 6.07) is 1.80. The number of Topliss-reactive ketones (excluding diaryl/α,β-unsaturated/α-hetero) is 1. The van der Waals surface area contributed by atoms with Gasteiger partial charge in [-0.3, -0.25) is 9.20 Å². The van der Waals surface area contributed by atoms with Crippen LogP contribution in [-0.2, 0) is 4.74 Å². The first-order chi connectivity index (χ1) is 10.5. The number of ether oxygens (including phenoxy) is 1. The van der Waals surface area contributed by atoms with Gasteiger partial charge >= 0.3 is 5.97 Å². The highest BCUT2D eigenvalue weighted by atomic mass is 35.5. The summed E-state index contributed by atoms with van der Waals surface area (Å²) < 4.78 is 6.66. The summed E-state index contributed by atoms with van der Waals surface area (Å²) in [5, 5.41) is 1.87. The minimum atomic E-state index is -0.658. The van der Waals surface area contributed by atoms with Gasteiger partial charge in [0, 0.05) is 26.9 Å². The molecule has 0 aliphatic rings. The Labute approximate surface area is 139 Å². The lowest BCUT2D eigenvalue weighted by Gasteiger charge is -2.03. The molecule has 3 aromatic rings. The molecule has 0 saturated heterocycles. The van der Waals surface area contributed by atoms with Crippen molar-refractivity contribution >= 4 is 51.0 Å². The second kappa shape index (κ2) is 5.83.